The fourth-order valence-electron chi connectivity index (χ4n) is 3.75. The van der Waals surface area contributed by atoms with E-state index >= 15 is 0 Å². The maximum absolute atomic E-state index is 13.1. The van der Waals surface area contributed by atoms with Gasteiger partial charge in [0.05, 0.1) is 6.10 Å². The quantitative estimate of drug-likeness (QED) is 0.319. The number of aromatic nitrogens is 2. The van der Waals surface area contributed by atoms with Crippen LogP contribution in [-0.4, -0.2) is 71.2 Å². The molecule has 0 aromatic carbocycles. The van der Waals surface area contributed by atoms with E-state index in [2.05, 4.69) is 30.0 Å². The lowest BCUT2D eigenvalue weighted by Gasteiger charge is -2.22. The largest absolute Gasteiger partial charge is 0.468 e. The smallest absolute Gasteiger partial charge is 0.423 e. The Morgan fingerprint density at radius 3 is 2.63 bits per heavy atom. The molecule has 2 rings (SSSR count). The van der Waals surface area contributed by atoms with E-state index < -0.39 is 41.4 Å². The van der Waals surface area contributed by atoms with Crippen molar-refractivity contribution in [1.29, 1.82) is 0 Å². The lowest BCUT2D eigenvalue weighted by Crippen LogP contribution is -2.38. The third-order valence-electron chi connectivity index (χ3n) is 5.30. The molecule has 0 bridgehead atoms. The number of halogens is 3. The second kappa shape index (κ2) is 13.6. The second-order valence-corrected chi connectivity index (χ2v) is 8.36. The average Bonchev–Trinajstić information content (AvgIpc) is 3.18. The summed E-state index contributed by atoms with van der Waals surface area (Å²) in [6.07, 6.45) is 0.292. The summed E-state index contributed by atoms with van der Waals surface area (Å²) < 4.78 is 57.0. The summed E-state index contributed by atoms with van der Waals surface area (Å²) in [6.45, 7) is 7.41. The molecule has 1 aromatic heterocycles. The molecule has 1 aliphatic rings. The molecule has 1 aliphatic heterocycles. The highest BCUT2D eigenvalue weighted by Gasteiger charge is 2.40. The molecule has 1 fully saturated rings. The van der Waals surface area contributed by atoms with Crippen molar-refractivity contribution in [3.63, 3.8) is 0 Å². The predicted molar refractivity (Wildman–Crippen MR) is 127 cm³/mol. The molecular weight excluding hydrogens is 489 g/mol. The van der Waals surface area contributed by atoms with E-state index in [9.17, 15) is 22.8 Å². The number of terminal acetylenes is 1. The zero-order chi connectivity index (χ0) is 26.0. The third-order valence-corrected chi connectivity index (χ3v) is 5.56. The predicted octanol–water partition coefficient (Wildman–Crippen LogP) is 1.87. The number of thiocarbonyl (C=S) groups is 1. The monoisotopic (exact) mass is 520 g/mol. The van der Waals surface area contributed by atoms with Gasteiger partial charge in [0.15, 0.2) is 0 Å². The van der Waals surface area contributed by atoms with Gasteiger partial charge in [0, 0.05) is 25.7 Å². The first-order chi connectivity index (χ1) is 16.6. The molecule has 0 aliphatic carbocycles. The van der Waals surface area contributed by atoms with Crippen molar-refractivity contribution in [2.75, 3.05) is 39.4 Å². The fraction of sp³-hybridized carbons (Fsp3) is 0.682. The molecule has 0 saturated carbocycles. The molecule has 13 heteroatoms. The summed E-state index contributed by atoms with van der Waals surface area (Å²) in [5.41, 5.74) is -4.07. The molecule has 0 unspecified atom stereocenters. The number of nitrogens with one attached hydrogen (secondary N) is 2. The van der Waals surface area contributed by atoms with Crippen LogP contribution in [0.1, 0.15) is 44.9 Å². The Morgan fingerprint density at radius 1 is 1.34 bits per heavy atom. The zero-order valence-electron chi connectivity index (χ0n) is 19.7. The van der Waals surface area contributed by atoms with Crippen LogP contribution < -0.4 is 16.6 Å². The number of alkyl halides is 3. The van der Waals surface area contributed by atoms with Crippen LogP contribution in [0.15, 0.2) is 15.8 Å². The standard InChI is InChI=1S/C22H31F3N4O5S/c1-4-8-28(9-5-2)10-7-26-21(35)33-14-17-16(32-11-6-3)12-18(34-17)29-13-15(22(23,24)25)19(30)27-20(29)31/h3,13,16-18H,4-5,7-12,14H2,1-2H3,(H,26,35)(H,27,30,31)/t16-,17+,18+/m0/s1. The lowest BCUT2D eigenvalue weighted by atomic mass is 10.2. The molecule has 1 saturated heterocycles. The first kappa shape index (κ1) is 28.8. The van der Waals surface area contributed by atoms with Crippen LogP contribution in [-0.2, 0) is 20.4 Å². The summed E-state index contributed by atoms with van der Waals surface area (Å²) in [4.78, 5) is 27.8. The second-order valence-electron chi connectivity index (χ2n) is 7.99. The number of nitrogens with zero attached hydrogens (tertiary/aromatic N) is 2. The van der Waals surface area contributed by atoms with Gasteiger partial charge in [-0.1, -0.05) is 19.8 Å². The Hall–Kier alpha value is -2.40. The van der Waals surface area contributed by atoms with Crippen molar-refractivity contribution in [3.8, 4) is 12.3 Å². The Bertz CT molecular complexity index is 985. The molecular formula is C22H31F3N4O5S. The maximum Gasteiger partial charge on any atom is 0.423 e. The number of aromatic amines is 1. The van der Waals surface area contributed by atoms with Crippen LogP contribution in [0.2, 0.25) is 0 Å². The minimum atomic E-state index is -4.94. The summed E-state index contributed by atoms with van der Waals surface area (Å²) in [6, 6.07) is 0. The van der Waals surface area contributed by atoms with Crippen molar-refractivity contribution in [1.82, 2.24) is 19.8 Å². The Labute approximate surface area is 206 Å². The van der Waals surface area contributed by atoms with E-state index in [0.717, 1.165) is 32.5 Å². The number of hydrogen-bond acceptors (Lipinski definition) is 7. The van der Waals surface area contributed by atoms with E-state index in [1.54, 1.807) is 4.98 Å². The third kappa shape index (κ3) is 8.64. The average molecular weight is 521 g/mol. The minimum absolute atomic E-state index is 0.0160. The number of rotatable bonds is 12. The molecule has 0 spiro atoms. The van der Waals surface area contributed by atoms with Gasteiger partial charge >= 0.3 is 11.9 Å². The van der Waals surface area contributed by atoms with Crippen LogP contribution in [0, 0.1) is 12.3 Å². The number of hydrogen-bond donors (Lipinski definition) is 2. The maximum atomic E-state index is 13.1. The van der Waals surface area contributed by atoms with E-state index in [1.165, 1.54) is 0 Å². The van der Waals surface area contributed by atoms with Crippen LogP contribution in [0.3, 0.4) is 0 Å². The Morgan fingerprint density at radius 2 is 2.03 bits per heavy atom. The van der Waals surface area contributed by atoms with Crippen LogP contribution in [0.4, 0.5) is 13.2 Å². The molecule has 1 aromatic rings. The number of ether oxygens (including phenoxy) is 3. The van der Waals surface area contributed by atoms with E-state index in [1.807, 2.05) is 0 Å². The van der Waals surface area contributed by atoms with Crippen molar-refractivity contribution in [2.24, 2.45) is 0 Å². The molecule has 0 amide bonds. The van der Waals surface area contributed by atoms with Gasteiger partial charge < -0.3 is 24.4 Å². The van der Waals surface area contributed by atoms with Crippen molar-refractivity contribution in [2.45, 2.75) is 57.7 Å². The normalized spacial score (nSPS) is 20.1. The molecule has 9 nitrogen and oxygen atoms in total. The van der Waals surface area contributed by atoms with Gasteiger partial charge in [0.2, 0.25) is 0 Å². The Balaban J connectivity index is 2.02. The van der Waals surface area contributed by atoms with Crippen molar-refractivity contribution in [3.05, 3.63) is 32.6 Å². The first-order valence-electron chi connectivity index (χ1n) is 11.4. The molecule has 3 atom stereocenters. The first-order valence-corrected chi connectivity index (χ1v) is 11.8. The van der Waals surface area contributed by atoms with Gasteiger partial charge in [-0.15, -0.1) is 6.42 Å². The van der Waals surface area contributed by atoms with Gasteiger partial charge in [-0.25, -0.2) is 4.79 Å². The topological polar surface area (TPSA) is 97.8 Å². The molecule has 2 N–H and O–H groups in total. The highest BCUT2D eigenvalue weighted by Crippen LogP contribution is 2.32. The van der Waals surface area contributed by atoms with Gasteiger partial charge in [0.1, 0.15) is 31.1 Å². The summed E-state index contributed by atoms with van der Waals surface area (Å²) >= 11 is 5.21. The number of H-pyrrole nitrogens is 1. The van der Waals surface area contributed by atoms with Crippen LogP contribution in [0.5, 0.6) is 0 Å². The lowest BCUT2D eigenvalue weighted by molar-refractivity contribution is -0.139. The summed E-state index contributed by atoms with van der Waals surface area (Å²) in [7, 11) is 0. The van der Waals surface area contributed by atoms with Gasteiger partial charge in [0.25, 0.3) is 10.7 Å². The van der Waals surface area contributed by atoms with Crippen LogP contribution in [0.25, 0.3) is 0 Å². The summed E-state index contributed by atoms with van der Waals surface area (Å²) in [5, 5.41) is 3.15. The van der Waals surface area contributed by atoms with Crippen molar-refractivity contribution < 1.29 is 27.4 Å². The minimum Gasteiger partial charge on any atom is -0.468 e. The fourth-order valence-corrected chi connectivity index (χ4v) is 3.92. The molecule has 2 heterocycles. The zero-order valence-corrected chi connectivity index (χ0v) is 20.5. The molecule has 35 heavy (non-hydrogen) atoms. The molecule has 0 radical (unpaired) electrons. The highest BCUT2D eigenvalue weighted by molar-refractivity contribution is 7.80. The van der Waals surface area contributed by atoms with Crippen molar-refractivity contribution >= 4 is 17.4 Å². The Kier molecular flexibility index (Phi) is 11.2. The molecule has 196 valence electrons. The van der Waals surface area contributed by atoms with Gasteiger partial charge in [-0.2, -0.15) is 13.2 Å². The highest BCUT2D eigenvalue weighted by atomic mass is 32.1. The van der Waals surface area contributed by atoms with Crippen LogP contribution >= 0.6 is 12.2 Å². The summed E-state index contributed by atoms with van der Waals surface area (Å²) in [5.74, 6) is 2.32. The SMILES string of the molecule is C#CCO[C@H]1C[C@H](n2cc(C(F)(F)F)c(=O)[nH]c2=O)O[C@@H]1COC(=S)NCCN(CCC)CCC. The van der Waals surface area contributed by atoms with E-state index in [-0.39, 0.29) is 24.8 Å². The van der Waals surface area contributed by atoms with Gasteiger partial charge in [-0.05, 0) is 38.1 Å². The van der Waals surface area contributed by atoms with E-state index in [0.29, 0.717) is 17.3 Å². The van der Waals surface area contributed by atoms with Gasteiger partial charge in [-0.3, -0.25) is 14.3 Å². The van der Waals surface area contributed by atoms with E-state index in [4.69, 9.17) is 32.9 Å².